The number of halogens is 3. The normalized spacial score (nSPS) is 20.6. The molecule has 0 spiro atoms. The maximum absolute atomic E-state index is 12.8. The van der Waals surface area contributed by atoms with Crippen LogP contribution in [0.15, 0.2) is 18.2 Å². The molecule has 0 amide bonds. The molecule has 1 N–H and O–H groups in total. The first-order chi connectivity index (χ1) is 11.8. The van der Waals surface area contributed by atoms with Crippen LogP contribution in [0.1, 0.15) is 73.9 Å². The summed E-state index contributed by atoms with van der Waals surface area (Å²) in [6.45, 7) is 6.49. The minimum atomic E-state index is -4.16. The van der Waals surface area contributed by atoms with Crippen LogP contribution in [0.25, 0.3) is 0 Å². The van der Waals surface area contributed by atoms with Crippen LogP contribution in [0, 0.1) is 5.92 Å². The molecule has 2 rings (SSSR count). The summed E-state index contributed by atoms with van der Waals surface area (Å²) in [4.78, 5) is 11.6. The topological polar surface area (TPSA) is 46.5 Å². The highest BCUT2D eigenvalue weighted by molar-refractivity contribution is 5.91. The monoisotopic (exact) mass is 360 g/mol. The molecule has 0 bridgehead atoms. The Kier molecular flexibility index (Phi) is 8.42. The Labute approximate surface area is 147 Å². The van der Waals surface area contributed by atoms with E-state index in [2.05, 4.69) is 0 Å². The van der Waals surface area contributed by atoms with Crippen LogP contribution in [0.4, 0.5) is 13.2 Å². The lowest BCUT2D eigenvalue weighted by Crippen LogP contribution is -2.27. The van der Waals surface area contributed by atoms with E-state index in [4.69, 9.17) is 4.74 Å². The van der Waals surface area contributed by atoms with E-state index in [0.29, 0.717) is 30.6 Å². The third kappa shape index (κ3) is 5.73. The zero-order valence-corrected chi connectivity index (χ0v) is 15.0. The number of rotatable bonds is 5. The molecule has 1 aliphatic rings. The summed E-state index contributed by atoms with van der Waals surface area (Å²) in [5.74, 6) is -2.45. The maximum Gasteiger partial charge on any atom is 0.391 e. The van der Waals surface area contributed by atoms with E-state index in [0.717, 1.165) is 0 Å². The number of benzene rings is 1. The first-order valence-electron chi connectivity index (χ1n) is 8.84. The number of carboxylic acids is 1. The van der Waals surface area contributed by atoms with Crippen molar-refractivity contribution < 1.29 is 27.8 Å². The van der Waals surface area contributed by atoms with Crippen molar-refractivity contribution in [3.05, 3.63) is 34.9 Å². The molecule has 0 saturated heterocycles. The lowest BCUT2D eigenvalue weighted by atomic mass is 9.76. The summed E-state index contributed by atoms with van der Waals surface area (Å²) in [7, 11) is 0. The van der Waals surface area contributed by atoms with Gasteiger partial charge in [-0.3, -0.25) is 0 Å². The third-order valence-corrected chi connectivity index (χ3v) is 4.49. The van der Waals surface area contributed by atoms with Gasteiger partial charge in [0.1, 0.15) is 0 Å². The number of alkyl halides is 3. The van der Waals surface area contributed by atoms with Crippen LogP contribution in [0.2, 0.25) is 0 Å². The van der Waals surface area contributed by atoms with Gasteiger partial charge in [0.05, 0.1) is 18.1 Å². The minimum absolute atomic E-state index is 0.0584. The molecule has 3 nitrogen and oxygen atoms in total. The Morgan fingerprint density at radius 1 is 1.20 bits per heavy atom. The molecule has 6 heteroatoms. The Bertz CT molecular complexity index is 547. The van der Waals surface area contributed by atoms with Crippen LogP contribution in [0.5, 0.6) is 0 Å². The van der Waals surface area contributed by atoms with Gasteiger partial charge in [0.15, 0.2) is 0 Å². The smallest absolute Gasteiger partial charge is 0.391 e. The van der Waals surface area contributed by atoms with Crippen molar-refractivity contribution in [3.8, 4) is 0 Å². The molecule has 1 aromatic rings. The highest BCUT2D eigenvalue weighted by Gasteiger charge is 2.42. The lowest BCUT2D eigenvalue weighted by molar-refractivity contribution is -0.182. The van der Waals surface area contributed by atoms with Crippen LogP contribution in [0.3, 0.4) is 0 Å². The van der Waals surface area contributed by atoms with Gasteiger partial charge in [0, 0.05) is 6.61 Å². The highest BCUT2D eigenvalue weighted by atomic mass is 19.4. The predicted molar refractivity (Wildman–Crippen MR) is 90.8 cm³/mol. The van der Waals surface area contributed by atoms with E-state index >= 15 is 0 Å². The van der Waals surface area contributed by atoms with Gasteiger partial charge < -0.3 is 9.84 Å². The zero-order chi connectivity index (χ0) is 19.0. The Hall–Kier alpha value is -1.56. The summed E-state index contributed by atoms with van der Waals surface area (Å²) in [6.07, 6.45) is -3.31. The van der Waals surface area contributed by atoms with E-state index in [9.17, 15) is 23.1 Å². The number of hydrogen-bond donors (Lipinski definition) is 1. The van der Waals surface area contributed by atoms with Gasteiger partial charge in [-0.2, -0.15) is 13.2 Å². The second-order valence-electron chi connectivity index (χ2n) is 5.91. The number of carbonyl (C=O) groups is 1. The van der Waals surface area contributed by atoms with E-state index < -0.39 is 18.1 Å². The van der Waals surface area contributed by atoms with Crippen LogP contribution in [-0.4, -0.2) is 23.9 Å². The van der Waals surface area contributed by atoms with Crippen molar-refractivity contribution in [1.82, 2.24) is 0 Å². The van der Waals surface area contributed by atoms with E-state index in [1.807, 2.05) is 20.8 Å². The zero-order valence-electron chi connectivity index (χ0n) is 15.0. The number of carboxylic acid groups (broad SMARTS) is 1. The van der Waals surface area contributed by atoms with Gasteiger partial charge in [-0.15, -0.1) is 0 Å². The summed E-state index contributed by atoms with van der Waals surface area (Å²) >= 11 is 0. The quantitative estimate of drug-likeness (QED) is 0.723. The SMILES string of the molecule is CC.CCOCc1cccc(C2CCC(C(F)(F)F)CC2)c1C(=O)O. The molecule has 0 unspecified atom stereocenters. The lowest BCUT2D eigenvalue weighted by Gasteiger charge is -2.31. The third-order valence-electron chi connectivity index (χ3n) is 4.49. The molecule has 0 heterocycles. The second kappa shape index (κ2) is 9.80. The molecule has 1 aliphatic carbocycles. The van der Waals surface area contributed by atoms with E-state index in [1.165, 1.54) is 0 Å². The Balaban J connectivity index is 0.00000151. The molecule has 0 aliphatic heterocycles. The van der Waals surface area contributed by atoms with Crippen molar-refractivity contribution >= 4 is 5.97 Å². The molecule has 1 fully saturated rings. The summed E-state index contributed by atoms with van der Waals surface area (Å²) in [5, 5.41) is 9.52. The van der Waals surface area contributed by atoms with Gasteiger partial charge in [-0.25, -0.2) is 4.79 Å². The first kappa shape index (κ1) is 21.5. The van der Waals surface area contributed by atoms with Crippen LogP contribution >= 0.6 is 0 Å². The molecule has 25 heavy (non-hydrogen) atoms. The molecule has 142 valence electrons. The van der Waals surface area contributed by atoms with Crippen LogP contribution in [-0.2, 0) is 11.3 Å². The number of hydrogen-bond acceptors (Lipinski definition) is 2. The Morgan fingerprint density at radius 3 is 2.28 bits per heavy atom. The van der Waals surface area contributed by atoms with E-state index in [-0.39, 0.29) is 30.9 Å². The predicted octanol–water partition coefficient (Wildman–Crippen LogP) is 5.78. The second-order valence-corrected chi connectivity index (χ2v) is 5.91. The Morgan fingerprint density at radius 2 is 1.80 bits per heavy atom. The fourth-order valence-corrected chi connectivity index (χ4v) is 3.29. The summed E-state index contributed by atoms with van der Waals surface area (Å²) in [6, 6.07) is 5.17. The van der Waals surface area contributed by atoms with Crippen LogP contribution < -0.4 is 0 Å². The van der Waals surface area contributed by atoms with Gasteiger partial charge >= 0.3 is 12.1 Å². The van der Waals surface area contributed by atoms with Gasteiger partial charge in [0.2, 0.25) is 0 Å². The number of aromatic carboxylic acids is 1. The van der Waals surface area contributed by atoms with Gasteiger partial charge in [-0.05, 0) is 49.7 Å². The average molecular weight is 360 g/mol. The first-order valence-corrected chi connectivity index (χ1v) is 8.84. The molecule has 0 aromatic heterocycles. The van der Waals surface area contributed by atoms with Gasteiger partial charge in [-0.1, -0.05) is 32.0 Å². The van der Waals surface area contributed by atoms with Crippen molar-refractivity contribution in [2.24, 2.45) is 5.92 Å². The fourth-order valence-electron chi connectivity index (χ4n) is 3.29. The number of ether oxygens (including phenoxy) is 1. The van der Waals surface area contributed by atoms with Crippen molar-refractivity contribution in [1.29, 1.82) is 0 Å². The molecular weight excluding hydrogens is 333 g/mol. The molecule has 0 atom stereocenters. The van der Waals surface area contributed by atoms with E-state index in [1.54, 1.807) is 18.2 Å². The summed E-state index contributed by atoms with van der Waals surface area (Å²) < 4.78 is 43.6. The largest absolute Gasteiger partial charge is 0.478 e. The van der Waals surface area contributed by atoms with Crippen molar-refractivity contribution in [2.75, 3.05) is 6.61 Å². The van der Waals surface area contributed by atoms with Crippen molar-refractivity contribution in [3.63, 3.8) is 0 Å². The molecule has 1 saturated carbocycles. The summed E-state index contributed by atoms with van der Waals surface area (Å²) in [5.41, 5.74) is 1.40. The van der Waals surface area contributed by atoms with Crippen molar-refractivity contribution in [2.45, 2.75) is 65.2 Å². The molecular formula is C19H27F3O3. The average Bonchev–Trinajstić information content (AvgIpc) is 2.60. The molecule has 0 radical (unpaired) electrons. The highest BCUT2D eigenvalue weighted by Crippen LogP contribution is 2.43. The molecule has 1 aromatic carbocycles. The minimum Gasteiger partial charge on any atom is -0.478 e. The fraction of sp³-hybridized carbons (Fsp3) is 0.632. The maximum atomic E-state index is 12.8. The standard InChI is InChI=1S/C17H21F3O3.C2H6/c1-2-23-10-12-4-3-5-14(15(12)16(21)22)11-6-8-13(9-7-11)17(18,19)20;1-2/h3-5,11,13H,2,6-10H2,1H3,(H,21,22);1-2H3. The van der Waals surface area contributed by atoms with Gasteiger partial charge in [0.25, 0.3) is 0 Å².